The molecule has 2 aliphatic heterocycles. The summed E-state index contributed by atoms with van der Waals surface area (Å²) in [6, 6.07) is 9.23. The van der Waals surface area contributed by atoms with Crippen molar-refractivity contribution in [3.63, 3.8) is 0 Å². The predicted molar refractivity (Wildman–Crippen MR) is 122 cm³/mol. The van der Waals surface area contributed by atoms with Crippen molar-refractivity contribution in [2.24, 2.45) is 5.41 Å². The summed E-state index contributed by atoms with van der Waals surface area (Å²) in [6.07, 6.45) is 5.73. The van der Waals surface area contributed by atoms with Crippen molar-refractivity contribution >= 4 is 33.6 Å². The van der Waals surface area contributed by atoms with Crippen molar-refractivity contribution in [2.45, 2.75) is 49.5 Å². The first-order valence-electron chi connectivity index (χ1n) is 11.2. The molecule has 6 rings (SSSR count). The van der Waals surface area contributed by atoms with Gasteiger partial charge < -0.3 is 14.7 Å². The van der Waals surface area contributed by atoms with Gasteiger partial charge in [-0.05, 0) is 59.9 Å². The molecule has 1 aliphatic carbocycles. The van der Waals surface area contributed by atoms with Gasteiger partial charge in [0.15, 0.2) is 0 Å². The Morgan fingerprint density at radius 2 is 1.97 bits per heavy atom. The molecule has 0 atom stereocenters. The van der Waals surface area contributed by atoms with Gasteiger partial charge in [-0.2, -0.15) is 4.31 Å². The molecule has 2 aromatic heterocycles. The lowest BCUT2D eigenvalue weighted by Crippen LogP contribution is -2.52. The fraction of sp³-hybridized carbons (Fsp3) is 0.435. The first-order chi connectivity index (χ1) is 15.2. The summed E-state index contributed by atoms with van der Waals surface area (Å²) in [7, 11) is -4.52. The molecule has 0 unspecified atom stereocenters. The second kappa shape index (κ2) is 6.66. The molecule has 4 heterocycles. The van der Waals surface area contributed by atoms with E-state index in [9.17, 15) is 13.4 Å². The van der Waals surface area contributed by atoms with Crippen molar-refractivity contribution in [3.8, 4) is 0 Å². The Bertz CT molecular complexity index is 1310. The molecular weight excluding hydrogens is 425 g/mol. The Morgan fingerprint density at radius 3 is 2.69 bits per heavy atom. The number of nitrogens with one attached hydrogen (secondary N) is 1. The standard InChI is InChI=1S/C23H26BN3O4S/c1-15(2)16-3-5-17(6-4-16)32(29,30)27-10-8-22(14-27)12-23(13-22)20-18-7-9-25-21(18)26-11-19(20)24(28)31-23/h3-7,9,11,15,28H,8,10,12-14H2,1-2H3,(H,25,26). The lowest BCUT2D eigenvalue weighted by Gasteiger charge is -2.53. The van der Waals surface area contributed by atoms with Gasteiger partial charge in [-0.15, -0.1) is 0 Å². The molecule has 3 aromatic rings. The second-order valence-corrected chi connectivity index (χ2v) is 11.9. The Kier molecular flexibility index (Phi) is 4.25. The summed E-state index contributed by atoms with van der Waals surface area (Å²) in [5.41, 5.74) is 2.94. The number of benzene rings is 1. The predicted octanol–water partition coefficient (Wildman–Crippen LogP) is 2.47. The molecule has 7 nitrogen and oxygen atoms in total. The number of aromatic nitrogens is 2. The first kappa shape index (κ1) is 20.4. The summed E-state index contributed by atoms with van der Waals surface area (Å²) in [5.74, 6) is 0.360. The molecule has 166 valence electrons. The van der Waals surface area contributed by atoms with E-state index < -0.39 is 22.7 Å². The summed E-state index contributed by atoms with van der Waals surface area (Å²) in [4.78, 5) is 7.87. The van der Waals surface area contributed by atoms with Gasteiger partial charge in [0.2, 0.25) is 10.0 Å². The number of fused-ring (bicyclic) bond motifs is 4. The molecule has 0 bridgehead atoms. The second-order valence-electron chi connectivity index (χ2n) is 9.96. The minimum atomic E-state index is -3.53. The van der Waals surface area contributed by atoms with Gasteiger partial charge in [-0.1, -0.05) is 26.0 Å². The number of hydrogen-bond acceptors (Lipinski definition) is 5. The van der Waals surface area contributed by atoms with Gasteiger partial charge in [0, 0.05) is 36.3 Å². The molecule has 9 heteroatoms. The first-order valence-corrected chi connectivity index (χ1v) is 12.6. The van der Waals surface area contributed by atoms with Crippen molar-refractivity contribution in [1.82, 2.24) is 14.3 Å². The van der Waals surface area contributed by atoms with Crippen LogP contribution in [-0.4, -0.2) is 47.9 Å². The number of sulfonamides is 1. The maximum Gasteiger partial charge on any atom is 0.493 e. The van der Waals surface area contributed by atoms with Gasteiger partial charge >= 0.3 is 7.12 Å². The lowest BCUT2D eigenvalue weighted by molar-refractivity contribution is -0.108. The molecule has 0 amide bonds. The van der Waals surface area contributed by atoms with Gasteiger partial charge in [0.05, 0.1) is 10.5 Å². The molecule has 2 spiro atoms. The summed E-state index contributed by atoms with van der Waals surface area (Å²) < 4.78 is 34.3. The SMILES string of the molecule is CC(C)c1ccc(S(=O)(=O)N2CCC3(C2)CC2(C3)OB(O)c3cnc4[nH]ccc4c32)cc1. The molecule has 0 radical (unpaired) electrons. The van der Waals surface area contributed by atoms with E-state index in [2.05, 4.69) is 23.8 Å². The highest BCUT2D eigenvalue weighted by molar-refractivity contribution is 7.89. The average molecular weight is 451 g/mol. The van der Waals surface area contributed by atoms with Crippen molar-refractivity contribution < 1.29 is 18.1 Å². The van der Waals surface area contributed by atoms with Crippen LogP contribution in [-0.2, 0) is 20.3 Å². The van der Waals surface area contributed by atoms with Crippen LogP contribution in [0, 0.1) is 5.41 Å². The normalized spacial score (nSPS) is 27.7. The monoisotopic (exact) mass is 451 g/mol. The molecule has 32 heavy (non-hydrogen) atoms. The zero-order valence-electron chi connectivity index (χ0n) is 18.2. The van der Waals surface area contributed by atoms with Gasteiger partial charge in [0.1, 0.15) is 5.65 Å². The average Bonchev–Trinajstić information content (AvgIpc) is 3.45. The number of hydrogen-bond donors (Lipinski definition) is 2. The van der Waals surface area contributed by atoms with E-state index in [1.54, 1.807) is 22.6 Å². The molecular formula is C23H26BN3O4S. The highest BCUT2D eigenvalue weighted by Crippen LogP contribution is 2.62. The Labute approximate surface area is 188 Å². The van der Waals surface area contributed by atoms with E-state index >= 15 is 0 Å². The molecule has 1 aromatic carbocycles. The van der Waals surface area contributed by atoms with Crippen LogP contribution in [0.3, 0.4) is 0 Å². The Morgan fingerprint density at radius 1 is 1.22 bits per heavy atom. The van der Waals surface area contributed by atoms with Crippen LogP contribution in [0.2, 0.25) is 0 Å². The summed E-state index contributed by atoms with van der Waals surface area (Å²) >= 11 is 0. The van der Waals surface area contributed by atoms with E-state index in [-0.39, 0.29) is 5.41 Å². The Hall–Kier alpha value is -2.20. The van der Waals surface area contributed by atoms with Crippen LogP contribution >= 0.6 is 0 Å². The fourth-order valence-corrected chi connectivity index (χ4v) is 7.59. The van der Waals surface area contributed by atoms with Crippen LogP contribution in [0.25, 0.3) is 11.0 Å². The topological polar surface area (TPSA) is 95.5 Å². The van der Waals surface area contributed by atoms with E-state index in [4.69, 9.17) is 4.65 Å². The van der Waals surface area contributed by atoms with E-state index in [0.717, 1.165) is 34.0 Å². The molecule has 3 aliphatic rings. The number of nitrogens with zero attached hydrogens (tertiary/aromatic N) is 2. The minimum absolute atomic E-state index is 0.127. The van der Waals surface area contributed by atoms with Crippen LogP contribution in [0.5, 0.6) is 0 Å². The van der Waals surface area contributed by atoms with Crippen LogP contribution in [0.4, 0.5) is 0 Å². The Balaban J connectivity index is 1.26. The maximum atomic E-state index is 13.3. The molecule has 1 saturated carbocycles. The van der Waals surface area contributed by atoms with Crippen molar-refractivity contribution in [2.75, 3.05) is 13.1 Å². The van der Waals surface area contributed by atoms with Gasteiger partial charge in [-0.3, -0.25) is 0 Å². The number of aromatic amines is 1. The lowest BCUT2D eigenvalue weighted by atomic mass is 9.56. The zero-order chi connectivity index (χ0) is 22.3. The fourth-order valence-electron chi connectivity index (χ4n) is 6.04. The largest absolute Gasteiger partial charge is 0.493 e. The third-order valence-corrected chi connectivity index (χ3v) is 9.44. The van der Waals surface area contributed by atoms with Crippen molar-refractivity contribution in [3.05, 3.63) is 53.9 Å². The number of pyridine rings is 1. The minimum Gasteiger partial charge on any atom is -0.423 e. The summed E-state index contributed by atoms with van der Waals surface area (Å²) in [6.45, 7) is 5.18. The summed E-state index contributed by atoms with van der Waals surface area (Å²) in [5, 5.41) is 11.5. The molecule has 1 saturated heterocycles. The third kappa shape index (κ3) is 2.78. The zero-order valence-corrected chi connectivity index (χ0v) is 19.0. The highest BCUT2D eigenvalue weighted by Gasteiger charge is 2.64. The number of rotatable bonds is 3. The molecule has 2 N–H and O–H groups in total. The smallest absolute Gasteiger partial charge is 0.423 e. The number of H-pyrrole nitrogens is 1. The maximum absolute atomic E-state index is 13.3. The van der Waals surface area contributed by atoms with Gasteiger partial charge in [-0.25, -0.2) is 13.4 Å². The van der Waals surface area contributed by atoms with Crippen molar-refractivity contribution in [1.29, 1.82) is 0 Å². The molecule has 2 fully saturated rings. The van der Waals surface area contributed by atoms with Crippen LogP contribution in [0.1, 0.15) is 50.2 Å². The quantitative estimate of drug-likeness (QED) is 0.597. The highest BCUT2D eigenvalue weighted by atomic mass is 32.2. The van der Waals surface area contributed by atoms with Crippen LogP contribution in [0.15, 0.2) is 47.6 Å². The van der Waals surface area contributed by atoms with E-state index in [0.29, 0.717) is 36.7 Å². The van der Waals surface area contributed by atoms with Gasteiger partial charge in [0.25, 0.3) is 0 Å². The van der Waals surface area contributed by atoms with Crippen LogP contribution < -0.4 is 5.46 Å². The van der Waals surface area contributed by atoms with E-state index in [1.165, 1.54) is 0 Å². The van der Waals surface area contributed by atoms with E-state index in [1.807, 2.05) is 24.4 Å². The third-order valence-electron chi connectivity index (χ3n) is 7.58.